The molecule has 0 aromatic heterocycles. The number of hydrogen-bond donors (Lipinski definition) is 1. The van der Waals surface area contributed by atoms with Gasteiger partial charge in [-0.1, -0.05) is 55.5 Å². The molecule has 0 spiro atoms. The number of carbonyl (C=O) groups is 3. The number of aryl methyl sites for hydroxylation is 1. The number of nitrogens with zero attached hydrogens (tertiary/aromatic N) is 2. The van der Waals surface area contributed by atoms with E-state index in [1.165, 1.54) is 5.56 Å². The topological polar surface area (TPSA) is 69.7 Å². The minimum atomic E-state index is -0.430. The molecule has 3 aromatic rings. The van der Waals surface area contributed by atoms with Gasteiger partial charge in [0.2, 0.25) is 5.91 Å². The van der Waals surface area contributed by atoms with Crippen molar-refractivity contribution in [3.63, 3.8) is 0 Å². The van der Waals surface area contributed by atoms with E-state index in [1.54, 1.807) is 21.9 Å². The Balaban J connectivity index is 1.35. The summed E-state index contributed by atoms with van der Waals surface area (Å²) in [5, 5.41) is 2.98. The minimum absolute atomic E-state index is 0.0637. The Labute approximate surface area is 205 Å². The molecule has 6 heteroatoms. The summed E-state index contributed by atoms with van der Waals surface area (Å²) in [6.07, 6.45) is 2.49. The summed E-state index contributed by atoms with van der Waals surface area (Å²) in [5.41, 5.74) is 4.87. The van der Waals surface area contributed by atoms with Gasteiger partial charge in [0.1, 0.15) is 6.04 Å². The number of nitrogens with one attached hydrogen (secondary N) is 1. The predicted molar refractivity (Wildman–Crippen MR) is 135 cm³/mol. The standard InChI is InChI=1S/C29H29N3O3/c1-2-20-12-14-21(15-13-20)18-30-27(33)23-8-5-7-22(17-23)19-32-25-10-4-3-9-24(25)28(34)31-16-6-11-26(31)29(32)35/h3-5,7-10,12-15,17,26H,2,6,11,16,18-19H2,1H3,(H,30,33)/t26-/m1/s1. The second kappa shape index (κ2) is 9.74. The lowest BCUT2D eigenvalue weighted by Crippen LogP contribution is -2.44. The fourth-order valence-electron chi connectivity index (χ4n) is 4.94. The van der Waals surface area contributed by atoms with E-state index in [4.69, 9.17) is 0 Å². The molecule has 0 radical (unpaired) electrons. The zero-order valence-electron chi connectivity index (χ0n) is 19.9. The molecule has 1 saturated heterocycles. The molecule has 5 rings (SSSR count). The molecule has 2 aliphatic rings. The zero-order chi connectivity index (χ0) is 24.4. The molecular weight excluding hydrogens is 438 g/mol. The van der Waals surface area contributed by atoms with E-state index in [2.05, 4.69) is 24.4 Å². The van der Waals surface area contributed by atoms with Crippen molar-refractivity contribution < 1.29 is 14.4 Å². The van der Waals surface area contributed by atoms with E-state index in [0.29, 0.717) is 42.9 Å². The molecule has 1 fully saturated rings. The first kappa shape index (κ1) is 22.8. The van der Waals surface area contributed by atoms with Crippen LogP contribution in [0, 0.1) is 0 Å². The fourth-order valence-corrected chi connectivity index (χ4v) is 4.94. The Hall–Kier alpha value is -3.93. The molecule has 0 bridgehead atoms. The second-order valence-electron chi connectivity index (χ2n) is 9.15. The number of fused-ring (bicyclic) bond motifs is 2. The van der Waals surface area contributed by atoms with Gasteiger partial charge < -0.3 is 15.1 Å². The van der Waals surface area contributed by atoms with Crippen LogP contribution in [0.1, 0.15) is 57.2 Å². The SMILES string of the molecule is CCc1ccc(CNC(=O)c2cccc(CN3C(=O)[C@H]4CCCN4C(=O)c4ccccc43)c2)cc1. The van der Waals surface area contributed by atoms with Crippen LogP contribution in [0.25, 0.3) is 0 Å². The van der Waals surface area contributed by atoms with Gasteiger partial charge in [-0.3, -0.25) is 14.4 Å². The third kappa shape index (κ3) is 4.56. The van der Waals surface area contributed by atoms with Gasteiger partial charge in [0.05, 0.1) is 17.8 Å². The summed E-state index contributed by atoms with van der Waals surface area (Å²) in [6.45, 7) is 3.47. The van der Waals surface area contributed by atoms with Gasteiger partial charge in [0, 0.05) is 18.7 Å². The molecule has 0 saturated carbocycles. The van der Waals surface area contributed by atoms with Gasteiger partial charge in [-0.25, -0.2) is 0 Å². The zero-order valence-corrected chi connectivity index (χ0v) is 19.9. The maximum atomic E-state index is 13.5. The van der Waals surface area contributed by atoms with Crippen LogP contribution >= 0.6 is 0 Å². The van der Waals surface area contributed by atoms with Crippen molar-refractivity contribution in [3.05, 3.63) is 101 Å². The maximum absolute atomic E-state index is 13.5. The molecule has 35 heavy (non-hydrogen) atoms. The first-order chi connectivity index (χ1) is 17.0. The summed E-state index contributed by atoms with van der Waals surface area (Å²) >= 11 is 0. The number of rotatable bonds is 6. The van der Waals surface area contributed by atoms with Crippen LogP contribution in [-0.4, -0.2) is 35.2 Å². The van der Waals surface area contributed by atoms with Gasteiger partial charge in [-0.05, 0) is 60.2 Å². The molecule has 3 aromatic carbocycles. The van der Waals surface area contributed by atoms with Gasteiger partial charge >= 0.3 is 0 Å². The van der Waals surface area contributed by atoms with Crippen molar-refractivity contribution in [2.45, 2.75) is 45.3 Å². The average Bonchev–Trinajstić information content (AvgIpc) is 3.37. The van der Waals surface area contributed by atoms with Crippen molar-refractivity contribution in [3.8, 4) is 0 Å². The molecule has 3 amide bonds. The van der Waals surface area contributed by atoms with Crippen molar-refractivity contribution in [1.82, 2.24) is 10.2 Å². The Bertz CT molecular complexity index is 1270. The lowest BCUT2D eigenvalue weighted by molar-refractivity contribution is -0.122. The van der Waals surface area contributed by atoms with Gasteiger partial charge in [0.15, 0.2) is 0 Å². The Kier molecular flexibility index (Phi) is 6.36. The lowest BCUT2D eigenvalue weighted by atomic mass is 10.1. The van der Waals surface area contributed by atoms with E-state index in [1.807, 2.05) is 48.5 Å². The first-order valence-electron chi connectivity index (χ1n) is 12.2. The normalized spacial score (nSPS) is 17.1. The van der Waals surface area contributed by atoms with Crippen molar-refractivity contribution in [1.29, 1.82) is 0 Å². The molecule has 0 aliphatic carbocycles. The number of anilines is 1. The lowest BCUT2D eigenvalue weighted by Gasteiger charge is -2.26. The van der Waals surface area contributed by atoms with Crippen LogP contribution in [0.5, 0.6) is 0 Å². The van der Waals surface area contributed by atoms with Crippen LogP contribution in [0.15, 0.2) is 72.8 Å². The Morgan fingerprint density at radius 2 is 1.71 bits per heavy atom. The number of para-hydroxylation sites is 1. The smallest absolute Gasteiger partial charge is 0.256 e. The highest BCUT2D eigenvalue weighted by Gasteiger charge is 2.41. The molecule has 2 heterocycles. The molecule has 1 N–H and O–H groups in total. The van der Waals surface area contributed by atoms with E-state index >= 15 is 0 Å². The van der Waals surface area contributed by atoms with Crippen LogP contribution in [0.3, 0.4) is 0 Å². The number of hydrogen-bond acceptors (Lipinski definition) is 3. The number of carbonyl (C=O) groups excluding carboxylic acids is 3. The Morgan fingerprint density at radius 3 is 2.51 bits per heavy atom. The molecule has 0 unspecified atom stereocenters. The van der Waals surface area contributed by atoms with Crippen LogP contribution in [-0.2, 0) is 24.3 Å². The molecule has 178 valence electrons. The molecular formula is C29H29N3O3. The third-order valence-electron chi connectivity index (χ3n) is 6.90. The van der Waals surface area contributed by atoms with Crippen molar-refractivity contribution in [2.24, 2.45) is 0 Å². The molecule has 2 aliphatic heterocycles. The molecule has 1 atom stereocenters. The van der Waals surface area contributed by atoms with Gasteiger partial charge in [-0.15, -0.1) is 0 Å². The minimum Gasteiger partial charge on any atom is -0.348 e. The fraction of sp³-hybridized carbons (Fsp3) is 0.276. The van der Waals surface area contributed by atoms with E-state index in [-0.39, 0.29) is 17.7 Å². The van der Waals surface area contributed by atoms with Crippen LogP contribution < -0.4 is 10.2 Å². The summed E-state index contributed by atoms with van der Waals surface area (Å²) in [5.74, 6) is -0.309. The molecule has 6 nitrogen and oxygen atoms in total. The summed E-state index contributed by atoms with van der Waals surface area (Å²) in [6, 6.07) is 22.4. The highest BCUT2D eigenvalue weighted by molar-refractivity contribution is 6.11. The van der Waals surface area contributed by atoms with Gasteiger partial charge in [0.25, 0.3) is 11.8 Å². The summed E-state index contributed by atoms with van der Waals surface area (Å²) in [7, 11) is 0. The first-order valence-corrected chi connectivity index (χ1v) is 12.2. The van der Waals surface area contributed by atoms with E-state index in [0.717, 1.165) is 24.0 Å². The number of amides is 3. The van der Waals surface area contributed by atoms with Crippen molar-refractivity contribution >= 4 is 23.4 Å². The van der Waals surface area contributed by atoms with Crippen LogP contribution in [0.2, 0.25) is 0 Å². The van der Waals surface area contributed by atoms with E-state index < -0.39 is 6.04 Å². The maximum Gasteiger partial charge on any atom is 0.256 e. The monoisotopic (exact) mass is 467 g/mol. The summed E-state index contributed by atoms with van der Waals surface area (Å²) in [4.78, 5) is 42.9. The average molecular weight is 468 g/mol. The quantitative estimate of drug-likeness (QED) is 0.587. The largest absolute Gasteiger partial charge is 0.348 e. The predicted octanol–water partition coefficient (Wildman–Crippen LogP) is 4.33. The highest BCUT2D eigenvalue weighted by atomic mass is 16.2. The number of benzene rings is 3. The van der Waals surface area contributed by atoms with Crippen molar-refractivity contribution in [2.75, 3.05) is 11.4 Å². The summed E-state index contributed by atoms with van der Waals surface area (Å²) < 4.78 is 0. The van der Waals surface area contributed by atoms with Crippen LogP contribution in [0.4, 0.5) is 5.69 Å². The Morgan fingerprint density at radius 1 is 0.943 bits per heavy atom. The second-order valence-corrected chi connectivity index (χ2v) is 9.15. The van der Waals surface area contributed by atoms with Gasteiger partial charge in [-0.2, -0.15) is 0 Å². The highest BCUT2D eigenvalue weighted by Crippen LogP contribution is 2.33. The third-order valence-corrected chi connectivity index (χ3v) is 6.90. The van der Waals surface area contributed by atoms with E-state index in [9.17, 15) is 14.4 Å².